The number of aliphatic carboxylic acids is 1. The Morgan fingerprint density at radius 3 is 2.67 bits per heavy atom. The van der Waals surface area contributed by atoms with E-state index in [-0.39, 0.29) is 0 Å². The average Bonchev–Trinajstić information content (AvgIpc) is 3.14. The Labute approximate surface area is 131 Å². The van der Waals surface area contributed by atoms with Gasteiger partial charge in [0.1, 0.15) is 0 Å². The molecule has 1 fully saturated rings. The summed E-state index contributed by atoms with van der Waals surface area (Å²) >= 11 is 1.78. The molecule has 0 bridgehead atoms. The Bertz CT molecular complexity index is 463. The first kappa shape index (κ1) is 16.4. The summed E-state index contributed by atoms with van der Waals surface area (Å²) in [6.07, 6.45) is 8.45. The van der Waals surface area contributed by atoms with Gasteiger partial charge in [-0.2, -0.15) is 0 Å². The van der Waals surface area contributed by atoms with E-state index >= 15 is 0 Å². The minimum Gasteiger partial charge on any atom is -0.481 e. The fourth-order valence-corrected chi connectivity index (χ4v) is 4.12. The van der Waals surface area contributed by atoms with Crippen molar-refractivity contribution in [2.75, 3.05) is 6.54 Å². The molecule has 1 heterocycles. The third kappa shape index (κ3) is 3.83. The average molecular weight is 310 g/mol. The molecule has 0 aliphatic heterocycles. The zero-order valence-electron chi connectivity index (χ0n) is 13.0. The van der Waals surface area contributed by atoms with Gasteiger partial charge in [0.05, 0.1) is 10.4 Å². The molecule has 0 atom stereocenters. The van der Waals surface area contributed by atoms with Crippen molar-refractivity contribution in [2.24, 2.45) is 5.41 Å². The molecule has 0 amide bonds. The van der Waals surface area contributed by atoms with E-state index in [4.69, 9.17) is 0 Å². The number of hydrogen-bond acceptors (Lipinski definition) is 4. The first-order valence-electron chi connectivity index (χ1n) is 8.00. The highest BCUT2D eigenvalue weighted by atomic mass is 32.1. The van der Waals surface area contributed by atoms with Crippen LogP contribution in [-0.2, 0) is 11.3 Å². The Morgan fingerprint density at radius 1 is 1.43 bits per heavy atom. The van der Waals surface area contributed by atoms with Gasteiger partial charge in [0, 0.05) is 30.1 Å². The van der Waals surface area contributed by atoms with Crippen LogP contribution in [-0.4, -0.2) is 22.6 Å². The lowest BCUT2D eigenvalue weighted by Crippen LogP contribution is -2.39. The first-order chi connectivity index (χ1) is 10.1. The maximum Gasteiger partial charge on any atom is 0.310 e. The van der Waals surface area contributed by atoms with Crippen LogP contribution in [0, 0.1) is 5.41 Å². The Balaban J connectivity index is 1.86. The van der Waals surface area contributed by atoms with Crippen molar-refractivity contribution < 1.29 is 9.90 Å². The molecule has 1 saturated carbocycles. The summed E-state index contributed by atoms with van der Waals surface area (Å²) in [6.45, 7) is 5.14. The number of carbonyl (C=O) groups is 1. The molecule has 0 unspecified atom stereocenters. The number of thiazole rings is 1. The summed E-state index contributed by atoms with van der Waals surface area (Å²) in [4.78, 5) is 17.2. The number of aromatic nitrogens is 1. The quantitative estimate of drug-likeness (QED) is 0.767. The molecule has 2 rings (SSSR count). The van der Waals surface area contributed by atoms with Crippen LogP contribution in [0.4, 0.5) is 0 Å². The van der Waals surface area contributed by atoms with Gasteiger partial charge in [0.25, 0.3) is 0 Å². The van der Waals surface area contributed by atoms with E-state index in [9.17, 15) is 9.90 Å². The number of nitrogens with one attached hydrogen (secondary N) is 1. The highest BCUT2D eigenvalue weighted by Gasteiger charge is 2.34. The highest BCUT2D eigenvalue weighted by Crippen LogP contribution is 2.36. The summed E-state index contributed by atoms with van der Waals surface area (Å²) in [5.41, 5.74) is -0.640. The predicted molar refractivity (Wildman–Crippen MR) is 85.7 cm³/mol. The van der Waals surface area contributed by atoms with Gasteiger partial charge in [-0.1, -0.05) is 26.7 Å². The van der Waals surface area contributed by atoms with Gasteiger partial charge in [0.2, 0.25) is 0 Å². The maximum atomic E-state index is 11.5. The normalized spacial score (nSPS) is 16.5. The third-order valence-electron chi connectivity index (χ3n) is 4.85. The van der Waals surface area contributed by atoms with Gasteiger partial charge in [-0.3, -0.25) is 4.79 Å². The van der Waals surface area contributed by atoms with E-state index in [0.717, 1.165) is 6.54 Å². The van der Waals surface area contributed by atoms with Crippen LogP contribution in [0.5, 0.6) is 0 Å². The molecule has 1 aromatic heterocycles. The van der Waals surface area contributed by atoms with Crippen LogP contribution in [0.1, 0.15) is 68.2 Å². The van der Waals surface area contributed by atoms with Crippen LogP contribution in [0.15, 0.2) is 6.20 Å². The zero-order chi connectivity index (χ0) is 15.3. The fourth-order valence-electron chi connectivity index (χ4n) is 3.07. The summed E-state index contributed by atoms with van der Waals surface area (Å²) in [5.74, 6) is -0.0379. The predicted octanol–water partition coefficient (Wildman–Crippen LogP) is 3.78. The number of nitrogens with zero attached hydrogens (tertiary/aromatic N) is 1. The number of carboxylic acids is 1. The molecule has 1 aliphatic rings. The number of hydrogen-bond donors (Lipinski definition) is 2. The lowest BCUT2D eigenvalue weighted by molar-refractivity contribution is -0.149. The van der Waals surface area contributed by atoms with Crippen LogP contribution in [0.3, 0.4) is 0 Å². The van der Waals surface area contributed by atoms with Crippen molar-refractivity contribution >= 4 is 17.3 Å². The molecule has 0 spiro atoms. The molecule has 4 nitrogen and oxygen atoms in total. The van der Waals surface area contributed by atoms with Crippen LogP contribution in [0.2, 0.25) is 0 Å². The molecule has 1 aliphatic carbocycles. The Hall–Kier alpha value is -0.940. The van der Waals surface area contributed by atoms with Crippen molar-refractivity contribution in [1.29, 1.82) is 0 Å². The second-order valence-corrected chi connectivity index (χ2v) is 7.19. The molecule has 21 heavy (non-hydrogen) atoms. The summed E-state index contributed by atoms with van der Waals surface area (Å²) in [6, 6.07) is 0. The van der Waals surface area contributed by atoms with Gasteiger partial charge < -0.3 is 10.4 Å². The van der Waals surface area contributed by atoms with Gasteiger partial charge in [-0.05, 0) is 25.7 Å². The van der Waals surface area contributed by atoms with E-state index in [1.54, 1.807) is 11.3 Å². The topological polar surface area (TPSA) is 62.2 Å². The van der Waals surface area contributed by atoms with Crippen molar-refractivity contribution in [3.63, 3.8) is 0 Å². The van der Waals surface area contributed by atoms with Crippen LogP contribution in [0.25, 0.3) is 0 Å². The fraction of sp³-hybridized carbons (Fsp3) is 0.750. The molecule has 0 radical (unpaired) electrons. The van der Waals surface area contributed by atoms with E-state index in [0.29, 0.717) is 25.3 Å². The summed E-state index contributed by atoms with van der Waals surface area (Å²) < 4.78 is 0. The zero-order valence-corrected chi connectivity index (χ0v) is 13.8. The Kier molecular flexibility index (Phi) is 5.76. The van der Waals surface area contributed by atoms with Gasteiger partial charge in [-0.25, -0.2) is 4.98 Å². The van der Waals surface area contributed by atoms with Crippen molar-refractivity contribution in [3.8, 4) is 0 Å². The number of carboxylic acid groups (broad SMARTS) is 1. The SMILES string of the molecule is CCC(CC)(CNCc1cnc(C2CCCC2)s1)C(=O)O. The molecule has 1 aromatic rings. The van der Waals surface area contributed by atoms with Crippen LogP contribution < -0.4 is 5.32 Å². The van der Waals surface area contributed by atoms with Gasteiger partial charge in [-0.15, -0.1) is 11.3 Å². The lowest BCUT2D eigenvalue weighted by atomic mass is 9.82. The van der Waals surface area contributed by atoms with Crippen LogP contribution >= 0.6 is 11.3 Å². The molecule has 118 valence electrons. The smallest absolute Gasteiger partial charge is 0.310 e. The second kappa shape index (κ2) is 7.36. The van der Waals surface area contributed by atoms with Gasteiger partial charge in [0.15, 0.2) is 0 Å². The van der Waals surface area contributed by atoms with E-state index < -0.39 is 11.4 Å². The highest BCUT2D eigenvalue weighted by molar-refractivity contribution is 7.11. The van der Waals surface area contributed by atoms with E-state index in [1.165, 1.54) is 35.6 Å². The number of rotatable bonds is 8. The maximum absolute atomic E-state index is 11.5. The van der Waals surface area contributed by atoms with Crippen molar-refractivity contribution in [1.82, 2.24) is 10.3 Å². The molecule has 2 N–H and O–H groups in total. The molecule has 5 heteroatoms. The minimum atomic E-state index is -0.698. The lowest BCUT2D eigenvalue weighted by Gasteiger charge is -2.26. The minimum absolute atomic E-state index is 0.520. The first-order valence-corrected chi connectivity index (χ1v) is 8.81. The standard InChI is InChI=1S/C16H26N2O2S/c1-3-16(4-2,15(19)20)11-17-9-13-10-18-14(21-13)12-7-5-6-8-12/h10,12,17H,3-9,11H2,1-2H3,(H,19,20). The van der Waals surface area contributed by atoms with Gasteiger partial charge >= 0.3 is 5.97 Å². The van der Waals surface area contributed by atoms with Crippen molar-refractivity contribution in [3.05, 3.63) is 16.1 Å². The summed E-state index contributed by atoms with van der Waals surface area (Å²) in [5, 5.41) is 14.0. The molecular formula is C16H26N2O2S. The summed E-state index contributed by atoms with van der Waals surface area (Å²) in [7, 11) is 0. The third-order valence-corrected chi connectivity index (χ3v) is 6.01. The Morgan fingerprint density at radius 2 is 2.10 bits per heavy atom. The van der Waals surface area contributed by atoms with Crippen molar-refractivity contribution in [2.45, 2.75) is 64.8 Å². The largest absolute Gasteiger partial charge is 0.481 e. The molecule has 0 saturated heterocycles. The molecular weight excluding hydrogens is 284 g/mol. The molecule has 0 aromatic carbocycles. The monoisotopic (exact) mass is 310 g/mol. The second-order valence-electron chi connectivity index (χ2n) is 6.04. The van der Waals surface area contributed by atoms with E-state index in [1.807, 2.05) is 20.0 Å². The van der Waals surface area contributed by atoms with E-state index in [2.05, 4.69) is 10.3 Å².